The first kappa shape index (κ1) is 11.4. The van der Waals surface area contributed by atoms with Crippen LogP contribution in [0, 0.1) is 0 Å². The van der Waals surface area contributed by atoms with E-state index < -0.39 is 0 Å². The van der Waals surface area contributed by atoms with Gasteiger partial charge in [-0.2, -0.15) is 0 Å². The first-order valence-electron chi connectivity index (χ1n) is 6.50. The molecular formula is C14H17N3O. The molecule has 1 aliphatic rings. The highest BCUT2D eigenvalue weighted by molar-refractivity contribution is 6.00. The van der Waals surface area contributed by atoms with Gasteiger partial charge in [0.25, 0.3) is 0 Å². The number of carbonyl (C=O) groups is 1. The van der Waals surface area contributed by atoms with Crippen LogP contribution in [0.4, 0.5) is 0 Å². The van der Waals surface area contributed by atoms with Crippen molar-refractivity contribution < 1.29 is 4.79 Å². The van der Waals surface area contributed by atoms with Gasteiger partial charge in [-0.1, -0.05) is 6.92 Å². The number of rotatable bonds is 5. The van der Waals surface area contributed by atoms with Crippen molar-refractivity contribution in [1.82, 2.24) is 14.9 Å². The molecule has 1 aliphatic carbocycles. The van der Waals surface area contributed by atoms with Crippen molar-refractivity contribution in [2.75, 3.05) is 13.1 Å². The lowest BCUT2D eigenvalue weighted by atomic mass is 10.1. The van der Waals surface area contributed by atoms with Gasteiger partial charge in [-0.05, 0) is 37.6 Å². The van der Waals surface area contributed by atoms with Gasteiger partial charge in [0.2, 0.25) is 0 Å². The van der Waals surface area contributed by atoms with Gasteiger partial charge in [-0.3, -0.25) is 4.79 Å². The molecule has 18 heavy (non-hydrogen) atoms. The number of fused-ring (bicyclic) bond motifs is 1. The third kappa shape index (κ3) is 2.04. The van der Waals surface area contributed by atoms with Crippen LogP contribution in [0.3, 0.4) is 0 Å². The fourth-order valence-corrected chi connectivity index (χ4v) is 2.19. The Morgan fingerprint density at radius 2 is 2.33 bits per heavy atom. The molecule has 94 valence electrons. The van der Waals surface area contributed by atoms with Crippen LogP contribution in [0.2, 0.25) is 0 Å². The number of likely N-dealkylation sites (N-methyl/N-ethyl adjacent to an activating group) is 1. The van der Waals surface area contributed by atoms with E-state index in [9.17, 15) is 4.79 Å². The fraction of sp³-hybridized carbons (Fsp3) is 0.429. The first-order valence-corrected chi connectivity index (χ1v) is 6.50. The molecule has 0 spiro atoms. The smallest absolute Gasteiger partial charge is 0.176 e. The van der Waals surface area contributed by atoms with E-state index in [1.807, 2.05) is 31.5 Å². The molecule has 1 N–H and O–H groups in total. The molecule has 1 fully saturated rings. The normalized spacial score (nSPS) is 15.2. The summed E-state index contributed by atoms with van der Waals surface area (Å²) in [6.45, 7) is 3.20. The summed E-state index contributed by atoms with van der Waals surface area (Å²) in [6, 6.07) is 6.44. The van der Waals surface area contributed by atoms with E-state index in [0.29, 0.717) is 12.6 Å². The van der Waals surface area contributed by atoms with E-state index in [1.165, 1.54) is 12.8 Å². The van der Waals surface area contributed by atoms with Gasteiger partial charge in [0.1, 0.15) is 0 Å². The van der Waals surface area contributed by atoms with Gasteiger partial charge in [0, 0.05) is 11.6 Å². The number of nitrogens with zero attached hydrogens (tertiary/aromatic N) is 2. The minimum Gasteiger partial charge on any atom is -0.327 e. The number of hydrogen-bond donors (Lipinski definition) is 1. The average Bonchev–Trinajstić information content (AvgIpc) is 3.15. The minimum absolute atomic E-state index is 0.125. The standard InChI is InChI=1S/C14H17N3O/c1-2-15-8-14(18)10-3-6-13-12(7-10)16-9-17(13)11-4-5-11/h3,6-7,9,11,15H,2,4-5,8H2,1H3. The topological polar surface area (TPSA) is 46.9 Å². The molecule has 0 aliphatic heterocycles. The largest absolute Gasteiger partial charge is 0.327 e. The Bertz CT molecular complexity index is 584. The number of ketones is 1. The van der Waals surface area contributed by atoms with Crippen LogP contribution in [0.5, 0.6) is 0 Å². The number of imidazole rings is 1. The molecule has 0 saturated heterocycles. The third-order valence-corrected chi connectivity index (χ3v) is 3.37. The number of aromatic nitrogens is 2. The summed E-state index contributed by atoms with van der Waals surface area (Å²) in [5.74, 6) is 0.125. The van der Waals surface area contributed by atoms with Crippen LogP contribution in [0.15, 0.2) is 24.5 Å². The molecule has 0 atom stereocenters. The van der Waals surface area contributed by atoms with Gasteiger partial charge < -0.3 is 9.88 Å². The Kier molecular flexibility index (Phi) is 2.88. The number of Topliss-reactive ketones (excluding diaryl/α,β-unsaturated/α-hetero) is 1. The minimum atomic E-state index is 0.125. The monoisotopic (exact) mass is 243 g/mol. The molecule has 0 unspecified atom stereocenters. The first-order chi connectivity index (χ1) is 8.79. The van der Waals surface area contributed by atoms with Crippen molar-refractivity contribution in [3.05, 3.63) is 30.1 Å². The maximum atomic E-state index is 11.9. The number of hydrogen-bond acceptors (Lipinski definition) is 3. The lowest BCUT2D eigenvalue weighted by molar-refractivity contribution is 0.0992. The highest BCUT2D eigenvalue weighted by Crippen LogP contribution is 2.37. The summed E-state index contributed by atoms with van der Waals surface area (Å²) < 4.78 is 2.22. The van der Waals surface area contributed by atoms with Crippen molar-refractivity contribution in [1.29, 1.82) is 0 Å². The summed E-state index contributed by atoms with van der Waals surface area (Å²) in [7, 11) is 0. The fourth-order valence-electron chi connectivity index (χ4n) is 2.19. The predicted molar refractivity (Wildman–Crippen MR) is 70.9 cm³/mol. The quantitative estimate of drug-likeness (QED) is 0.819. The number of carbonyl (C=O) groups excluding carboxylic acids is 1. The summed E-state index contributed by atoms with van der Waals surface area (Å²) in [5, 5.41) is 3.05. The molecule has 0 radical (unpaired) electrons. The lowest BCUT2D eigenvalue weighted by Crippen LogP contribution is -2.22. The number of benzene rings is 1. The zero-order valence-corrected chi connectivity index (χ0v) is 10.5. The third-order valence-electron chi connectivity index (χ3n) is 3.37. The highest BCUT2D eigenvalue weighted by atomic mass is 16.1. The predicted octanol–water partition coefficient (Wildman–Crippen LogP) is 2.16. The lowest BCUT2D eigenvalue weighted by Gasteiger charge is -2.03. The van der Waals surface area contributed by atoms with Gasteiger partial charge in [-0.15, -0.1) is 0 Å². The van der Waals surface area contributed by atoms with E-state index in [4.69, 9.17) is 0 Å². The van der Waals surface area contributed by atoms with E-state index >= 15 is 0 Å². The Balaban J connectivity index is 1.89. The van der Waals surface area contributed by atoms with E-state index in [1.54, 1.807) is 0 Å². The van der Waals surface area contributed by atoms with Crippen molar-refractivity contribution in [3.63, 3.8) is 0 Å². The summed E-state index contributed by atoms with van der Waals surface area (Å²) in [5.41, 5.74) is 2.80. The van der Waals surface area contributed by atoms with Crippen LogP contribution < -0.4 is 5.32 Å². The van der Waals surface area contributed by atoms with Gasteiger partial charge >= 0.3 is 0 Å². The molecule has 1 saturated carbocycles. The van der Waals surface area contributed by atoms with Gasteiger partial charge in [0.05, 0.1) is 23.9 Å². The summed E-state index contributed by atoms with van der Waals surface area (Å²) >= 11 is 0. The zero-order chi connectivity index (χ0) is 12.5. The Morgan fingerprint density at radius 3 is 3.06 bits per heavy atom. The molecule has 1 aromatic heterocycles. The number of nitrogens with one attached hydrogen (secondary N) is 1. The summed E-state index contributed by atoms with van der Waals surface area (Å²) in [6.07, 6.45) is 4.38. The molecule has 4 nitrogen and oxygen atoms in total. The molecule has 0 bridgehead atoms. The highest BCUT2D eigenvalue weighted by Gasteiger charge is 2.24. The molecule has 4 heteroatoms. The Morgan fingerprint density at radius 1 is 1.50 bits per heavy atom. The van der Waals surface area contributed by atoms with Crippen LogP contribution in [-0.2, 0) is 0 Å². The van der Waals surface area contributed by atoms with Crippen LogP contribution in [0.1, 0.15) is 36.2 Å². The second kappa shape index (κ2) is 4.53. The van der Waals surface area contributed by atoms with E-state index in [-0.39, 0.29) is 5.78 Å². The van der Waals surface area contributed by atoms with Crippen LogP contribution in [-0.4, -0.2) is 28.4 Å². The Labute approximate surface area is 106 Å². The second-order valence-corrected chi connectivity index (χ2v) is 4.79. The SMILES string of the molecule is CCNCC(=O)c1ccc2c(c1)ncn2C1CC1. The maximum Gasteiger partial charge on any atom is 0.176 e. The molecule has 1 aromatic carbocycles. The summed E-state index contributed by atoms with van der Waals surface area (Å²) in [4.78, 5) is 16.3. The molecule has 1 heterocycles. The average molecular weight is 243 g/mol. The van der Waals surface area contributed by atoms with Gasteiger partial charge in [-0.25, -0.2) is 4.98 Å². The maximum absolute atomic E-state index is 11.9. The zero-order valence-electron chi connectivity index (χ0n) is 10.5. The Hall–Kier alpha value is -1.68. The van der Waals surface area contributed by atoms with E-state index in [2.05, 4.69) is 14.9 Å². The van der Waals surface area contributed by atoms with Crippen LogP contribution >= 0.6 is 0 Å². The van der Waals surface area contributed by atoms with Crippen molar-refractivity contribution in [2.45, 2.75) is 25.8 Å². The van der Waals surface area contributed by atoms with Crippen LogP contribution in [0.25, 0.3) is 11.0 Å². The molecular weight excluding hydrogens is 226 g/mol. The van der Waals surface area contributed by atoms with Gasteiger partial charge in [0.15, 0.2) is 5.78 Å². The van der Waals surface area contributed by atoms with E-state index in [0.717, 1.165) is 23.1 Å². The molecule has 2 aromatic rings. The van der Waals surface area contributed by atoms with Crippen molar-refractivity contribution in [2.24, 2.45) is 0 Å². The second-order valence-electron chi connectivity index (χ2n) is 4.79. The van der Waals surface area contributed by atoms with Crippen molar-refractivity contribution in [3.8, 4) is 0 Å². The van der Waals surface area contributed by atoms with Crippen molar-refractivity contribution >= 4 is 16.8 Å². The molecule has 0 amide bonds. The molecule has 3 rings (SSSR count).